The monoisotopic (exact) mass is 364 g/mol. The summed E-state index contributed by atoms with van der Waals surface area (Å²) in [4.78, 5) is 15.1. The van der Waals surface area contributed by atoms with Gasteiger partial charge >= 0.3 is 0 Å². The predicted molar refractivity (Wildman–Crippen MR) is 107 cm³/mol. The van der Waals surface area contributed by atoms with E-state index < -0.39 is 0 Å². The van der Waals surface area contributed by atoms with Gasteiger partial charge in [0.05, 0.1) is 12.8 Å². The van der Waals surface area contributed by atoms with Gasteiger partial charge in [0.15, 0.2) is 5.76 Å². The number of ether oxygens (including phenoxy) is 1. The summed E-state index contributed by atoms with van der Waals surface area (Å²) >= 11 is 0. The molecule has 140 valence electrons. The van der Waals surface area contributed by atoms with Crippen LogP contribution in [0, 0.1) is 6.92 Å². The third-order valence-corrected chi connectivity index (χ3v) is 5.23. The molecule has 1 fully saturated rings. The van der Waals surface area contributed by atoms with Gasteiger partial charge in [-0.1, -0.05) is 30.3 Å². The highest BCUT2D eigenvalue weighted by atomic mass is 16.5. The molecule has 5 heteroatoms. The summed E-state index contributed by atoms with van der Waals surface area (Å²) in [6, 6.07) is 15.8. The van der Waals surface area contributed by atoms with Crippen molar-refractivity contribution in [3.05, 3.63) is 59.9 Å². The molecule has 1 N–H and O–H groups in total. The van der Waals surface area contributed by atoms with Crippen LogP contribution >= 0.6 is 0 Å². The number of hydrogen-bond acceptors (Lipinski definition) is 4. The Morgan fingerprint density at radius 1 is 1.19 bits per heavy atom. The van der Waals surface area contributed by atoms with Gasteiger partial charge < -0.3 is 19.4 Å². The lowest BCUT2D eigenvalue weighted by atomic mass is 10.0. The van der Waals surface area contributed by atoms with Gasteiger partial charge in [-0.25, -0.2) is 0 Å². The Bertz CT molecular complexity index is 963. The number of amides is 1. The standard InChI is InChI=1S/C22H24N2O3/c1-15-17-9-3-5-11-19(17)27-21(15)22(25)23-16-8-7-13-24(14-16)18-10-4-6-12-20(18)26-2/h3-6,9-12,16H,7-8,13-14H2,1-2H3,(H,23,25). The van der Waals surface area contributed by atoms with Crippen LogP contribution in [0.1, 0.15) is 29.0 Å². The lowest BCUT2D eigenvalue weighted by Gasteiger charge is -2.35. The third-order valence-electron chi connectivity index (χ3n) is 5.23. The molecule has 1 unspecified atom stereocenters. The highest BCUT2D eigenvalue weighted by Crippen LogP contribution is 2.30. The number of nitrogens with zero attached hydrogens (tertiary/aromatic N) is 1. The van der Waals surface area contributed by atoms with Crippen molar-refractivity contribution in [3.8, 4) is 5.75 Å². The molecule has 2 aromatic carbocycles. The van der Waals surface area contributed by atoms with E-state index >= 15 is 0 Å². The summed E-state index contributed by atoms with van der Waals surface area (Å²) in [5.41, 5.74) is 2.71. The number of fused-ring (bicyclic) bond motifs is 1. The molecule has 0 radical (unpaired) electrons. The Balaban J connectivity index is 1.50. The highest BCUT2D eigenvalue weighted by Gasteiger charge is 2.26. The number of nitrogens with one attached hydrogen (secondary N) is 1. The van der Waals surface area contributed by atoms with Gasteiger partial charge in [-0.3, -0.25) is 4.79 Å². The molecule has 1 amide bonds. The molecular formula is C22H24N2O3. The summed E-state index contributed by atoms with van der Waals surface area (Å²) in [6.07, 6.45) is 1.97. The minimum absolute atomic E-state index is 0.0729. The maximum absolute atomic E-state index is 12.8. The van der Waals surface area contributed by atoms with E-state index in [0.29, 0.717) is 5.76 Å². The van der Waals surface area contributed by atoms with E-state index in [1.54, 1.807) is 7.11 Å². The molecule has 5 nitrogen and oxygen atoms in total. The minimum atomic E-state index is -0.143. The second kappa shape index (κ2) is 7.35. The molecular weight excluding hydrogens is 340 g/mol. The van der Waals surface area contributed by atoms with Crippen LogP contribution in [-0.2, 0) is 0 Å². The third kappa shape index (κ3) is 3.37. The number of anilines is 1. The molecule has 0 saturated carbocycles. The zero-order valence-corrected chi connectivity index (χ0v) is 15.7. The number of carbonyl (C=O) groups is 1. The Morgan fingerprint density at radius 3 is 2.78 bits per heavy atom. The molecule has 1 atom stereocenters. The average Bonchev–Trinajstić information content (AvgIpc) is 3.05. The van der Waals surface area contributed by atoms with Gasteiger partial charge in [0.25, 0.3) is 5.91 Å². The van der Waals surface area contributed by atoms with E-state index in [1.807, 2.05) is 49.4 Å². The number of aryl methyl sites for hydroxylation is 1. The van der Waals surface area contributed by atoms with Crippen LogP contribution in [0.4, 0.5) is 5.69 Å². The van der Waals surface area contributed by atoms with Gasteiger partial charge in [0.1, 0.15) is 11.3 Å². The molecule has 27 heavy (non-hydrogen) atoms. The number of piperidine rings is 1. The Labute approximate surface area is 158 Å². The van der Waals surface area contributed by atoms with Crippen LogP contribution in [-0.4, -0.2) is 32.1 Å². The maximum atomic E-state index is 12.8. The van der Waals surface area contributed by atoms with Crippen molar-refractivity contribution in [1.29, 1.82) is 0 Å². The first-order chi connectivity index (χ1) is 13.2. The zero-order chi connectivity index (χ0) is 18.8. The average molecular weight is 364 g/mol. The smallest absolute Gasteiger partial charge is 0.287 e. The highest BCUT2D eigenvalue weighted by molar-refractivity contribution is 5.99. The first-order valence-corrected chi connectivity index (χ1v) is 9.34. The predicted octanol–water partition coefficient (Wildman–Crippen LogP) is 4.15. The fourth-order valence-electron chi connectivity index (χ4n) is 3.85. The van der Waals surface area contributed by atoms with Gasteiger partial charge in [0.2, 0.25) is 0 Å². The summed E-state index contributed by atoms with van der Waals surface area (Å²) in [5, 5.41) is 4.15. The number of para-hydroxylation sites is 3. The van der Waals surface area contributed by atoms with Crippen LogP contribution in [0.3, 0.4) is 0 Å². The number of methoxy groups -OCH3 is 1. The van der Waals surface area contributed by atoms with Crippen molar-refractivity contribution in [2.45, 2.75) is 25.8 Å². The molecule has 3 aromatic rings. The molecule has 1 saturated heterocycles. The van der Waals surface area contributed by atoms with E-state index in [4.69, 9.17) is 9.15 Å². The van der Waals surface area contributed by atoms with Gasteiger partial charge in [-0.15, -0.1) is 0 Å². The molecule has 0 aliphatic carbocycles. The van der Waals surface area contributed by atoms with Crippen LogP contribution in [0.15, 0.2) is 52.9 Å². The number of carbonyl (C=O) groups excluding carboxylic acids is 1. The van der Waals surface area contributed by atoms with Crippen molar-refractivity contribution < 1.29 is 13.9 Å². The minimum Gasteiger partial charge on any atom is -0.495 e. The van der Waals surface area contributed by atoms with Crippen molar-refractivity contribution >= 4 is 22.6 Å². The number of hydrogen-bond donors (Lipinski definition) is 1. The molecule has 1 aliphatic heterocycles. The van der Waals surface area contributed by atoms with Crippen LogP contribution in [0.2, 0.25) is 0 Å². The van der Waals surface area contributed by atoms with Crippen molar-refractivity contribution in [1.82, 2.24) is 5.32 Å². The van der Waals surface area contributed by atoms with E-state index in [2.05, 4.69) is 16.3 Å². The topological polar surface area (TPSA) is 54.7 Å². The summed E-state index contributed by atoms with van der Waals surface area (Å²) in [7, 11) is 1.69. The van der Waals surface area contributed by atoms with Crippen molar-refractivity contribution in [2.75, 3.05) is 25.1 Å². The molecule has 4 rings (SSSR count). The number of benzene rings is 2. The van der Waals surface area contributed by atoms with Crippen molar-refractivity contribution in [2.24, 2.45) is 0 Å². The maximum Gasteiger partial charge on any atom is 0.287 e. The molecule has 0 bridgehead atoms. The van der Waals surface area contributed by atoms with Crippen LogP contribution in [0.5, 0.6) is 5.75 Å². The molecule has 1 aromatic heterocycles. The largest absolute Gasteiger partial charge is 0.495 e. The number of rotatable bonds is 4. The van der Waals surface area contributed by atoms with Crippen molar-refractivity contribution in [3.63, 3.8) is 0 Å². The van der Waals surface area contributed by atoms with Gasteiger partial charge in [0, 0.05) is 30.1 Å². The van der Waals surface area contributed by atoms with Crippen LogP contribution < -0.4 is 15.0 Å². The van der Waals surface area contributed by atoms with E-state index in [1.165, 1.54) is 0 Å². The summed E-state index contributed by atoms with van der Waals surface area (Å²) in [6.45, 7) is 3.64. The quantitative estimate of drug-likeness (QED) is 0.756. The lowest BCUT2D eigenvalue weighted by Crippen LogP contribution is -2.48. The molecule has 2 heterocycles. The second-order valence-electron chi connectivity index (χ2n) is 6.98. The first kappa shape index (κ1) is 17.5. The second-order valence-corrected chi connectivity index (χ2v) is 6.98. The summed E-state index contributed by atoms with van der Waals surface area (Å²) in [5.74, 6) is 1.12. The van der Waals surface area contributed by atoms with E-state index in [0.717, 1.165) is 53.9 Å². The van der Waals surface area contributed by atoms with Crippen LogP contribution in [0.25, 0.3) is 11.0 Å². The first-order valence-electron chi connectivity index (χ1n) is 9.34. The van der Waals surface area contributed by atoms with E-state index in [9.17, 15) is 4.79 Å². The van der Waals surface area contributed by atoms with E-state index in [-0.39, 0.29) is 11.9 Å². The Hall–Kier alpha value is -2.95. The molecule has 1 aliphatic rings. The summed E-state index contributed by atoms with van der Waals surface area (Å²) < 4.78 is 11.3. The fraction of sp³-hybridized carbons (Fsp3) is 0.318. The van der Waals surface area contributed by atoms with Gasteiger partial charge in [-0.2, -0.15) is 0 Å². The molecule has 0 spiro atoms. The SMILES string of the molecule is COc1ccccc1N1CCCC(NC(=O)c2oc3ccccc3c2C)C1. The lowest BCUT2D eigenvalue weighted by molar-refractivity contribution is 0.0906. The zero-order valence-electron chi connectivity index (χ0n) is 15.7. The normalized spacial score (nSPS) is 17.1. The fourth-order valence-corrected chi connectivity index (χ4v) is 3.85. The number of furan rings is 1. The van der Waals surface area contributed by atoms with Gasteiger partial charge in [-0.05, 0) is 38.0 Å². The Kier molecular flexibility index (Phi) is 4.75. The Morgan fingerprint density at radius 2 is 1.96 bits per heavy atom.